The Morgan fingerprint density at radius 2 is 1.48 bits per heavy atom. The summed E-state index contributed by atoms with van der Waals surface area (Å²) in [7, 11) is 1.64. The average molecular weight is 417 g/mol. The first-order valence-electron chi connectivity index (χ1n) is 10.6. The number of fused-ring (bicyclic) bond motifs is 1. The molecule has 0 saturated heterocycles. The third-order valence-corrected chi connectivity index (χ3v) is 5.27. The lowest BCUT2D eigenvalue weighted by atomic mass is 10.0. The molecule has 0 N–H and O–H groups in total. The van der Waals surface area contributed by atoms with Crippen molar-refractivity contribution < 1.29 is 14.2 Å². The van der Waals surface area contributed by atoms with Gasteiger partial charge in [-0.25, -0.2) is 4.98 Å². The molecule has 0 fully saturated rings. The zero-order valence-corrected chi connectivity index (χ0v) is 18.2. The molecule has 1 aromatic heterocycles. The topological polar surface area (TPSA) is 45.5 Å². The number of methoxy groups -OCH3 is 1. The van der Waals surface area contributed by atoms with E-state index < -0.39 is 0 Å². The Morgan fingerprint density at radius 3 is 2.26 bits per heavy atom. The van der Waals surface area contributed by atoms with Gasteiger partial charge in [0.15, 0.2) is 11.5 Å². The largest absolute Gasteiger partial charge is 0.493 e. The van der Waals surface area contributed by atoms with Crippen LogP contribution in [0.25, 0.3) is 11.0 Å². The molecule has 0 aliphatic heterocycles. The molecule has 5 nitrogen and oxygen atoms in total. The van der Waals surface area contributed by atoms with Crippen molar-refractivity contribution in [2.45, 2.75) is 32.9 Å². The molecule has 0 radical (unpaired) electrons. The minimum atomic E-state index is 0.345. The third-order valence-electron chi connectivity index (χ3n) is 5.27. The summed E-state index contributed by atoms with van der Waals surface area (Å²) >= 11 is 0. The van der Waals surface area contributed by atoms with Crippen molar-refractivity contribution in [2.75, 3.05) is 13.7 Å². The highest BCUT2D eigenvalue weighted by atomic mass is 16.5. The molecule has 0 bridgehead atoms. The zero-order chi connectivity index (χ0) is 21.6. The van der Waals surface area contributed by atoms with Crippen LogP contribution in [0, 0.1) is 0 Å². The van der Waals surface area contributed by atoms with Gasteiger partial charge in [0.1, 0.15) is 24.8 Å². The van der Waals surface area contributed by atoms with Crippen LogP contribution in [0.3, 0.4) is 0 Å². The van der Waals surface area contributed by atoms with E-state index in [1.54, 1.807) is 7.11 Å². The molecule has 160 valence electrons. The highest BCUT2D eigenvalue weighted by Gasteiger charge is 2.13. The van der Waals surface area contributed by atoms with E-state index in [2.05, 4.69) is 36.6 Å². The van der Waals surface area contributed by atoms with Gasteiger partial charge in [0.05, 0.1) is 24.7 Å². The van der Waals surface area contributed by atoms with Crippen LogP contribution in [0.4, 0.5) is 0 Å². The number of aromatic nitrogens is 2. The normalized spacial score (nSPS) is 11.1. The van der Waals surface area contributed by atoms with Crippen LogP contribution in [0.1, 0.15) is 31.2 Å². The summed E-state index contributed by atoms with van der Waals surface area (Å²) in [6.07, 6.45) is 0. The number of nitrogens with zero attached hydrogens (tertiary/aromatic N) is 2. The van der Waals surface area contributed by atoms with E-state index in [0.29, 0.717) is 37.2 Å². The number of benzene rings is 3. The lowest BCUT2D eigenvalue weighted by Crippen LogP contribution is -2.13. The molecule has 4 rings (SSSR count). The predicted octanol–water partition coefficient (Wildman–Crippen LogP) is 5.83. The van der Waals surface area contributed by atoms with Crippen molar-refractivity contribution in [1.82, 2.24) is 9.55 Å². The SMILES string of the molecule is COc1ccccc1OCc1nc2ccccc2n1CCOc1ccccc1C(C)C. The van der Waals surface area contributed by atoms with E-state index in [4.69, 9.17) is 19.2 Å². The first kappa shape index (κ1) is 20.8. The smallest absolute Gasteiger partial charge is 0.161 e. The van der Waals surface area contributed by atoms with E-state index in [1.807, 2.05) is 54.6 Å². The van der Waals surface area contributed by atoms with Gasteiger partial charge in [-0.05, 0) is 41.8 Å². The number of para-hydroxylation sites is 5. The number of ether oxygens (including phenoxy) is 3. The summed E-state index contributed by atoms with van der Waals surface area (Å²) in [5, 5.41) is 0. The Bertz CT molecular complexity index is 1150. The molecule has 0 spiro atoms. The van der Waals surface area contributed by atoms with Crippen molar-refractivity contribution in [3.8, 4) is 17.2 Å². The Hall–Kier alpha value is -3.47. The van der Waals surface area contributed by atoms with Crippen molar-refractivity contribution in [3.05, 3.63) is 84.2 Å². The van der Waals surface area contributed by atoms with Gasteiger partial charge in [-0.2, -0.15) is 0 Å². The molecule has 4 aromatic rings. The van der Waals surface area contributed by atoms with Crippen LogP contribution in [-0.4, -0.2) is 23.3 Å². The van der Waals surface area contributed by atoms with Crippen LogP contribution in [0.5, 0.6) is 17.2 Å². The average Bonchev–Trinajstić information content (AvgIpc) is 3.15. The molecule has 31 heavy (non-hydrogen) atoms. The van der Waals surface area contributed by atoms with Crippen molar-refractivity contribution in [2.24, 2.45) is 0 Å². The van der Waals surface area contributed by atoms with Crippen LogP contribution < -0.4 is 14.2 Å². The summed E-state index contributed by atoms with van der Waals surface area (Å²) in [6, 6.07) is 24.0. The zero-order valence-electron chi connectivity index (χ0n) is 18.2. The van der Waals surface area contributed by atoms with Gasteiger partial charge in [0.2, 0.25) is 0 Å². The molecule has 5 heteroatoms. The van der Waals surface area contributed by atoms with Gasteiger partial charge in [-0.1, -0.05) is 56.3 Å². The molecular formula is C26H28N2O3. The molecule has 3 aromatic carbocycles. The van der Waals surface area contributed by atoms with Crippen molar-refractivity contribution >= 4 is 11.0 Å². The van der Waals surface area contributed by atoms with E-state index >= 15 is 0 Å². The van der Waals surface area contributed by atoms with Crippen molar-refractivity contribution in [1.29, 1.82) is 0 Å². The number of hydrogen-bond donors (Lipinski definition) is 0. The Labute approximate surface area is 183 Å². The summed E-state index contributed by atoms with van der Waals surface area (Å²) in [5.74, 6) is 3.61. The van der Waals surface area contributed by atoms with Gasteiger partial charge in [-0.15, -0.1) is 0 Å². The van der Waals surface area contributed by atoms with Crippen LogP contribution in [0.15, 0.2) is 72.8 Å². The fourth-order valence-electron chi connectivity index (χ4n) is 3.70. The molecule has 0 unspecified atom stereocenters. The summed E-state index contributed by atoms with van der Waals surface area (Å²) in [5.41, 5.74) is 3.24. The van der Waals surface area contributed by atoms with Gasteiger partial charge >= 0.3 is 0 Å². The van der Waals surface area contributed by atoms with Gasteiger partial charge in [0, 0.05) is 0 Å². The second-order valence-corrected chi connectivity index (χ2v) is 7.65. The molecule has 0 aliphatic rings. The maximum Gasteiger partial charge on any atom is 0.161 e. The molecule has 0 aliphatic carbocycles. The maximum atomic E-state index is 6.17. The number of hydrogen-bond acceptors (Lipinski definition) is 4. The van der Waals surface area contributed by atoms with Gasteiger partial charge in [0.25, 0.3) is 0 Å². The summed E-state index contributed by atoms with van der Waals surface area (Å²) < 4.78 is 19.8. The van der Waals surface area contributed by atoms with Crippen LogP contribution in [0.2, 0.25) is 0 Å². The Balaban J connectivity index is 1.53. The van der Waals surface area contributed by atoms with E-state index in [-0.39, 0.29) is 0 Å². The van der Waals surface area contributed by atoms with Crippen LogP contribution in [-0.2, 0) is 13.2 Å². The fourth-order valence-corrected chi connectivity index (χ4v) is 3.70. The standard InChI is InChI=1S/C26H28N2O3/c1-19(2)20-10-4-7-13-23(20)30-17-16-28-22-12-6-5-11-21(22)27-26(28)18-31-25-15-9-8-14-24(25)29-3/h4-15,19H,16-18H2,1-3H3. The monoisotopic (exact) mass is 416 g/mol. The van der Waals surface area contributed by atoms with E-state index in [0.717, 1.165) is 22.6 Å². The predicted molar refractivity (Wildman–Crippen MR) is 123 cm³/mol. The van der Waals surface area contributed by atoms with Crippen molar-refractivity contribution in [3.63, 3.8) is 0 Å². The Morgan fingerprint density at radius 1 is 0.806 bits per heavy atom. The molecular weight excluding hydrogens is 388 g/mol. The molecule has 0 atom stereocenters. The molecule has 0 amide bonds. The first-order chi connectivity index (χ1) is 15.2. The second-order valence-electron chi connectivity index (χ2n) is 7.65. The minimum Gasteiger partial charge on any atom is -0.493 e. The third kappa shape index (κ3) is 4.66. The van der Waals surface area contributed by atoms with E-state index in [1.165, 1.54) is 5.56 Å². The first-order valence-corrected chi connectivity index (χ1v) is 10.6. The van der Waals surface area contributed by atoms with Crippen LogP contribution >= 0.6 is 0 Å². The number of imidazole rings is 1. The quantitative estimate of drug-likeness (QED) is 0.345. The Kier molecular flexibility index (Phi) is 6.41. The number of rotatable bonds is 9. The summed E-state index contributed by atoms with van der Waals surface area (Å²) in [6.45, 7) is 5.93. The fraction of sp³-hybridized carbons (Fsp3) is 0.269. The lowest BCUT2D eigenvalue weighted by molar-refractivity contribution is 0.261. The highest BCUT2D eigenvalue weighted by Crippen LogP contribution is 2.28. The molecule has 0 saturated carbocycles. The minimum absolute atomic E-state index is 0.345. The maximum absolute atomic E-state index is 6.17. The second kappa shape index (κ2) is 9.56. The summed E-state index contributed by atoms with van der Waals surface area (Å²) in [4.78, 5) is 4.80. The molecule has 1 heterocycles. The van der Waals surface area contributed by atoms with Gasteiger partial charge in [-0.3, -0.25) is 0 Å². The lowest BCUT2D eigenvalue weighted by Gasteiger charge is -2.15. The van der Waals surface area contributed by atoms with Gasteiger partial charge < -0.3 is 18.8 Å². The van der Waals surface area contributed by atoms with E-state index in [9.17, 15) is 0 Å². The highest BCUT2D eigenvalue weighted by molar-refractivity contribution is 5.75.